The Morgan fingerprint density at radius 1 is 0.974 bits per heavy atom. The number of carboxylic acid groups (broad SMARTS) is 1. The lowest BCUT2D eigenvalue weighted by Crippen LogP contribution is -2.35. The molecule has 3 aromatic carbocycles. The van der Waals surface area contributed by atoms with E-state index in [1.54, 1.807) is 36.1 Å². The Bertz CT molecular complexity index is 1370. The number of thioether (sulfide) groups is 1. The summed E-state index contributed by atoms with van der Waals surface area (Å²) in [4.78, 5) is 55.4. The van der Waals surface area contributed by atoms with Crippen LogP contribution in [0.25, 0.3) is 0 Å². The van der Waals surface area contributed by atoms with Gasteiger partial charge in [-0.3, -0.25) is 14.5 Å². The van der Waals surface area contributed by atoms with Gasteiger partial charge in [0.1, 0.15) is 5.25 Å². The number of hydrogen-bond acceptors (Lipinski definition) is 7. The molecule has 4 rings (SSSR count). The lowest BCUT2D eigenvalue weighted by Gasteiger charge is -2.16. The Morgan fingerprint density at radius 3 is 2.28 bits per heavy atom. The topological polar surface area (TPSA) is 125 Å². The maximum atomic E-state index is 13.4. The molecular formula is C29H27N3O6S. The van der Waals surface area contributed by atoms with Crippen LogP contribution in [0.1, 0.15) is 39.6 Å². The SMILES string of the molecule is CCOC(=O)c1ccc(N=C2SC(CC(=O)Nc3ccc(C(=O)O)cc3)C(=O)N2CCc2ccccc2)cc1. The average molecular weight is 546 g/mol. The second kappa shape index (κ2) is 12.9. The Morgan fingerprint density at radius 2 is 1.64 bits per heavy atom. The fourth-order valence-corrected chi connectivity index (χ4v) is 5.07. The van der Waals surface area contributed by atoms with E-state index in [1.165, 1.54) is 36.0 Å². The molecule has 200 valence electrons. The van der Waals surface area contributed by atoms with Crippen molar-refractivity contribution in [1.29, 1.82) is 0 Å². The predicted octanol–water partition coefficient (Wildman–Crippen LogP) is 4.76. The molecule has 9 nitrogen and oxygen atoms in total. The predicted molar refractivity (Wildman–Crippen MR) is 149 cm³/mol. The Labute approximate surface area is 229 Å². The number of carbonyl (C=O) groups is 4. The van der Waals surface area contributed by atoms with Crippen molar-refractivity contribution >= 4 is 52.1 Å². The monoisotopic (exact) mass is 545 g/mol. The van der Waals surface area contributed by atoms with Crippen LogP contribution < -0.4 is 5.32 Å². The van der Waals surface area contributed by atoms with Crippen molar-refractivity contribution in [1.82, 2.24) is 4.90 Å². The fourth-order valence-electron chi connectivity index (χ4n) is 3.89. The number of ether oxygens (including phenoxy) is 1. The third kappa shape index (κ3) is 7.32. The zero-order chi connectivity index (χ0) is 27.8. The summed E-state index contributed by atoms with van der Waals surface area (Å²) in [6.45, 7) is 2.41. The van der Waals surface area contributed by atoms with Gasteiger partial charge in [-0.2, -0.15) is 0 Å². The van der Waals surface area contributed by atoms with Crippen molar-refractivity contribution in [2.75, 3.05) is 18.5 Å². The van der Waals surface area contributed by atoms with Gasteiger partial charge in [0.2, 0.25) is 11.8 Å². The number of carboxylic acids is 1. The molecular weight excluding hydrogens is 518 g/mol. The van der Waals surface area contributed by atoms with E-state index in [1.807, 2.05) is 30.3 Å². The number of amides is 2. The van der Waals surface area contributed by atoms with E-state index in [2.05, 4.69) is 10.3 Å². The zero-order valence-corrected chi connectivity index (χ0v) is 22.0. The van der Waals surface area contributed by atoms with Crippen molar-refractivity contribution in [3.05, 3.63) is 95.6 Å². The average Bonchev–Trinajstić information content (AvgIpc) is 3.21. The minimum atomic E-state index is -1.06. The summed E-state index contributed by atoms with van der Waals surface area (Å²) in [6, 6.07) is 22.2. The van der Waals surface area contributed by atoms with Gasteiger partial charge < -0.3 is 15.2 Å². The lowest BCUT2D eigenvalue weighted by molar-refractivity contribution is -0.128. The number of benzene rings is 3. The van der Waals surface area contributed by atoms with E-state index in [4.69, 9.17) is 9.84 Å². The number of amidine groups is 1. The van der Waals surface area contributed by atoms with E-state index >= 15 is 0 Å². The number of carbonyl (C=O) groups excluding carboxylic acids is 3. The molecule has 0 spiro atoms. The number of aliphatic imine (C=N–C) groups is 1. The first-order valence-electron chi connectivity index (χ1n) is 12.3. The molecule has 1 fully saturated rings. The second-order valence-corrected chi connectivity index (χ2v) is 9.80. The molecule has 2 N–H and O–H groups in total. The van der Waals surface area contributed by atoms with E-state index in [-0.39, 0.29) is 30.4 Å². The highest BCUT2D eigenvalue weighted by atomic mass is 32.2. The molecule has 0 aliphatic carbocycles. The first-order valence-corrected chi connectivity index (χ1v) is 13.2. The normalized spacial score (nSPS) is 15.8. The van der Waals surface area contributed by atoms with Crippen molar-refractivity contribution in [2.45, 2.75) is 25.0 Å². The third-order valence-corrected chi connectivity index (χ3v) is 7.05. The van der Waals surface area contributed by atoms with Gasteiger partial charge in [0.25, 0.3) is 0 Å². The van der Waals surface area contributed by atoms with Crippen molar-refractivity contribution in [3.63, 3.8) is 0 Å². The van der Waals surface area contributed by atoms with Gasteiger partial charge in [0.05, 0.1) is 23.4 Å². The summed E-state index contributed by atoms with van der Waals surface area (Å²) >= 11 is 1.22. The van der Waals surface area contributed by atoms with Crippen LogP contribution in [0.15, 0.2) is 83.9 Å². The molecule has 1 saturated heterocycles. The van der Waals surface area contributed by atoms with Gasteiger partial charge in [0.15, 0.2) is 5.17 Å². The molecule has 3 aromatic rings. The number of esters is 1. The van der Waals surface area contributed by atoms with E-state index in [0.717, 1.165) is 5.56 Å². The van der Waals surface area contributed by atoms with Gasteiger partial charge in [-0.15, -0.1) is 0 Å². The molecule has 1 aliphatic heterocycles. The molecule has 0 aromatic heterocycles. The number of nitrogens with zero attached hydrogens (tertiary/aromatic N) is 2. The summed E-state index contributed by atoms with van der Waals surface area (Å²) < 4.78 is 5.02. The zero-order valence-electron chi connectivity index (χ0n) is 21.2. The van der Waals surface area contributed by atoms with Crippen LogP contribution >= 0.6 is 11.8 Å². The van der Waals surface area contributed by atoms with Gasteiger partial charge >= 0.3 is 11.9 Å². The molecule has 39 heavy (non-hydrogen) atoms. The van der Waals surface area contributed by atoms with Crippen LogP contribution in [0.5, 0.6) is 0 Å². The number of rotatable bonds is 10. The molecule has 1 aliphatic rings. The first-order chi connectivity index (χ1) is 18.8. The van der Waals surface area contributed by atoms with Crippen molar-refractivity contribution in [3.8, 4) is 0 Å². The van der Waals surface area contributed by atoms with Crippen LogP contribution in [0.2, 0.25) is 0 Å². The highest BCUT2D eigenvalue weighted by Crippen LogP contribution is 2.32. The summed E-state index contributed by atoms with van der Waals surface area (Å²) in [6.07, 6.45) is 0.537. The van der Waals surface area contributed by atoms with Crippen LogP contribution in [0, 0.1) is 0 Å². The van der Waals surface area contributed by atoms with Gasteiger partial charge in [0, 0.05) is 18.7 Å². The third-order valence-electron chi connectivity index (χ3n) is 5.88. The van der Waals surface area contributed by atoms with Crippen LogP contribution in [0.3, 0.4) is 0 Å². The van der Waals surface area contributed by atoms with E-state index in [9.17, 15) is 19.2 Å². The second-order valence-electron chi connectivity index (χ2n) is 8.63. The number of hydrogen-bond donors (Lipinski definition) is 2. The summed E-state index contributed by atoms with van der Waals surface area (Å²) in [5, 5.41) is 11.6. The quantitative estimate of drug-likeness (QED) is 0.352. The van der Waals surface area contributed by atoms with Crippen LogP contribution in [-0.4, -0.2) is 57.3 Å². The van der Waals surface area contributed by atoms with Crippen molar-refractivity contribution in [2.24, 2.45) is 4.99 Å². The summed E-state index contributed by atoms with van der Waals surface area (Å²) in [7, 11) is 0. The maximum absolute atomic E-state index is 13.4. The molecule has 0 bridgehead atoms. The van der Waals surface area contributed by atoms with Crippen molar-refractivity contribution < 1.29 is 29.0 Å². The first kappa shape index (κ1) is 27.6. The number of anilines is 1. The molecule has 1 heterocycles. The maximum Gasteiger partial charge on any atom is 0.338 e. The highest BCUT2D eigenvalue weighted by molar-refractivity contribution is 8.15. The minimum absolute atomic E-state index is 0.0766. The fraction of sp³-hybridized carbons (Fsp3) is 0.207. The molecule has 0 saturated carbocycles. The lowest BCUT2D eigenvalue weighted by atomic mass is 10.1. The molecule has 2 amide bonds. The molecule has 1 atom stereocenters. The highest BCUT2D eigenvalue weighted by Gasteiger charge is 2.39. The number of aromatic carboxylic acids is 1. The largest absolute Gasteiger partial charge is 0.478 e. The standard InChI is InChI=1S/C29H27N3O6S/c1-2-38-28(37)21-10-14-23(15-11-21)31-29-32(17-16-19-6-4-3-5-7-19)26(34)24(39-29)18-25(33)30-22-12-8-20(9-13-22)27(35)36/h3-15,24H,2,16-18H2,1H3,(H,30,33)(H,35,36). The Hall–Kier alpha value is -4.44. The Balaban J connectivity index is 1.49. The smallest absolute Gasteiger partial charge is 0.338 e. The van der Waals surface area contributed by atoms with Gasteiger partial charge in [-0.1, -0.05) is 42.1 Å². The molecule has 1 unspecified atom stereocenters. The molecule has 0 radical (unpaired) electrons. The van der Waals surface area contributed by atoms with Gasteiger partial charge in [-0.25, -0.2) is 14.6 Å². The number of nitrogens with one attached hydrogen (secondary N) is 1. The molecule has 10 heteroatoms. The van der Waals surface area contributed by atoms with Crippen LogP contribution in [0.4, 0.5) is 11.4 Å². The minimum Gasteiger partial charge on any atom is -0.478 e. The van der Waals surface area contributed by atoms with E-state index in [0.29, 0.717) is 35.1 Å². The van der Waals surface area contributed by atoms with Gasteiger partial charge in [-0.05, 0) is 67.4 Å². The Kier molecular flexibility index (Phi) is 9.11. The van der Waals surface area contributed by atoms with E-state index < -0.39 is 17.2 Å². The summed E-state index contributed by atoms with van der Waals surface area (Å²) in [5.41, 5.74) is 2.59. The summed E-state index contributed by atoms with van der Waals surface area (Å²) in [5.74, 6) is -2.06. The van der Waals surface area contributed by atoms with Crippen LogP contribution in [-0.2, 0) is 20.7 Å².